The number of carbonyl (C=O) groups is 2. The summed E-state index contributed by atoms with van der Waals surface area (Å²) in [4.78, 5) is 29.2. The van der Waals surface area contributed by atoms with Crippen molar-refractivity contribution in [1.82, 2.24) is 14.5 Å². The summed E-state index contributed by atoms with van der Waals surface area (Å²) in [5, 5.41) is 2.89. The predicted octanol–water partition coefficient (Wildman–Crippen LogP) is 3.77. The number of furan rings is 1. The molecule has 0 saturated carbocycles. The number of morpholine rings is 1. The molecule has 1 fully saturated rings. The number of methoxy groups -OCH3 is 1. The Morgan fingerprint density at radius 2 is 1.60 bits per heavy atom. The Kier molecular flexibility index (Phi) is 10.5. The van der Waals surface area contributed by atoms with Crippen LogP contribution >= 0.6 is 0 Å². The number of ether oxygens (including phenoxy) is 3. The molecule has 0 spiro atoms. The van der Waals surface area contributed by atoms with Gasteiger partial charge in [0.15, 0.2) is 6.61 Å². The van der Waals surface area contributed by atoms with E-state index in [0.717, 1.165) is 5.56 Å². The van der Waals surface area contributed by atoms with Crippen molar-refractivity contribution in [2.75, 3.05) is 40.0 Å². The summed E-state index contributed by atoms with van der Waals surface area (Å²) in [6, 6.07) is 24.7. The zero-order chi connectivity index (χ0) is 31.6. The van der Waals surface area contributed by atoms with E-state index >= 15 is 0 Å². The highest BCUT2D eigenvalue weighted by atomic mass is 32.2. The van der Waals surface area contributed by atoms with E-state index in [4.69, 9.17) is 18.6 Å². The molecule has 4 aromatic rings. The number of carbonyl (C=O) groups excluding carboxylic acids is 2. The molecular weight excluding hydrogens is 598 g/mol. The zero-order valence-corrected chi connectivity index (χ0v) is 25.6. The molecule has 1 aliphatic heterocycles. The van der Waals surface area contributed by atoms with Gasteiger partial charge >= 0.3 is 0 Å². The average molecular weight is 634 g/mol. The SMILES string of the molecule is COc1ccc(CN(C(=O)COc2ccc(S(=O)(=O)N3CCOCC3)cc2)[C@@H](C(=O)NCc2ccco2)c2ccccc2)cc1. The van der Waals surface area contributed by atoms with Crippen LogP contribution in [0.25, 0.3) is 0 Å². The number of hydrogen-bond donors (Lipinski definition) is 1. The molecule has 2 amide bonds. The number of amides is 2. The van der Waals surface area contributed by atoms with Crippen molar-refractivity contribution in [2.45, 2.75) is 24.0 Å². The van der Waals surface area contributed by atoms with Gasteiger partial charge in [0.25, 0.3) is 5.91 Å². The molecular formula is C33H35N3O8S. The Hall–Kier alpha value is -4.65. The highest BCUT2D eigenvalue weighted by Gasteiger charge is 2.32. The van der Waals surface area contributed by atoms with E-state index in [2.05, 4.69) is 5.32 Å². The summed E-state index contributed by atoms with van der Waals surface area (Å²) in [5.74, 6) is 0.711. The molecule has 0 bridgehead atoms. The lowest BCUT2D eigenvalue weighted by Crippen LogP contribution is -2.45. The monoisotopic (exact) mass is 633 g/mol. The van der Waals surface area contributed by atoms with Crippen LogP contribution in [-0.4, -0.2) is 69.5 Å². The third-order valence-corrected chi connectivity index (χ3v) is 9.23. The number of nitrogens with zero attached hydrogens (tertiary/aromatic N) is 2. The second kappa shape index (κ2) is 14.9. The molecule has 12 heteroatoms. The standard InChI is InChI=1S/C33H35N3O8S/c1-41-27-11-9-25(10-12-27)23-36(32(26-6-3-2-4-7-26)33(38)34-22-29-8-5-19-43-29)31(37)24-44-28-13-15-30(16-14-28)45(39,40)35-17-20-42-21-18-35/h2-16,19,32H,17-18,20-24H2,1H3,(H,34,38)/t32-/m1/s1. The van der Waals surface area contributed by atoms with Crippen molar-refractivity contribution >= 4 is 21.8 Å². The number of benzene rings is 3. The lowest BCUT2D eigenvalue weighted by atomic mass is 10.0. The van der Waals surface area contributed by atoms with Gasteiger partial charge in [0.2, 0.25) is 15.9 Å². The average Bonchev–Trinajstić information content (AvgIpc) is 3.61. The van der Waals surface area contributed by atoms with E-state index in [9.17, 15) is 18.0 Å². The van der Waals surface area contributed by atoms with E-state index in [1.54, 1.807) is 55.6 Å². The second-order valence-corrected chi connectivity index (χ2v) is 12.2. The maximum Gasteiger partial charge on any atom is 0.261 e. The van der Waals surface area contributed by atoms with Crippen molar-refractivity contribution in [2.24, 2.45) is 0 Å². The lowest BCUT2D eigenvalue weighted by Gasteiger charge is -2.31. The minimum atomic E-state index is -3.67. The molecule has 1 aliphatic rings. The molecule has 1 aromatic heterocycles. The quantitative estimate of drug-likeness (QED) is 0.236. The van der Waals surface area contributed by atoms with Gasteiger partial charge < -0.3 is 28.8 Å². The highest BCUT2D eigenvalue weighted by molar-refractivity contribution is 7.89. The van der Waals surface area contributed by atoms with Gasteiger partial charge in [0.1, 0.15) is 23.3 Å². The van der Waals surface area contributed by atoms with Crippen molar-refractivity contribution in [3.05, 3.63) is 114 Å². The first-order chi connectivity index (χ1) is 21.8. The fourth-order valence-corrected chi connectivity index (χ4v) is 6.32. The van der Waals surface area contributed by atoms with Crippen LogP contribution in [0.5, 0.6) is 11.5 Å². The molecule has 236 valence electrons. The third kappa shape index (κ3) is 8.09. The molecule has 0 unspecified atom stereocenters. The summed E-state index contributed by atoms with van der Waals surface area (Å²) >= 11 is 0. The number of rotatable bonds is 13. The van der Waals surface area contributed by atoms with Crippen LogP contribution in [0.2, 0.25) is 0 Å². The van der Waals surface area contributed by atoms with Gasteiger partial charge in [-0.25, -0.2) is 8.42 Å². The van der Waals surface area contributed by atoms with Crippen LogP contribution in [0.15, 0.2) is 107 Å². The maximum atomic E-state index is 13.9. The zero-order valence-electron chi connectivity index (χ0n) is 24.8. The summed E-state index contributed by atoms with van der Waals surface area (Å²) < 4.78 is 49.1. The highest BCUT2D eigenvalue weighted by Crippen LogP contribution is 2.26. The minimum Gasteiger partial charge on any atom is -0.497 e. The predicted molar refractivity (Wildman–Crippen MR) is 165 cm³/mol. The van der Waals surface area contributed by atoms with Crippen LogP contribution < -0.4 is 14.8 Å². The van der Waals surface area contributed by atoms with Crippen LogP contribution in [0.4, 0.5) is 0 Å². The summed E-state index contributed by atoms with van der Waals surface area (Å²) in [6.45, 7) is 1.14. The second-order valence-electron chi connectivity index (χ2n) is 10.3. The summed E-state index contributed by atoms with van der Waals surface area (Å²) in [7, 11) is -2.10. The van der Waals surface area contributed by atoms with Crippen LogP contribution in [-0.2, 0) is 37.4 Å². The van der Waals surface area contributed by atoms with Gasteiger partial charge in [0.05, 0.1) is 38.0 Å². The third-order valence-electron chi connectivity index (χ3n) is 7.32. The van der Waals surface area contributed by atoms with Crippen molar-refractivity contribution in [1.29, 1.82) is 0 Å². The normalized spacial score (nSPS) is 14.3. The smallest absolute Gasteiger partial charge is 0.261 e. The van der Waals surface area contributed by atoms with Gasteiger partial charge in [-0.1, -0.05) is 42.5 Å². The molecule has 1 N–H and O–H groups in total. The van der Waals surface area contributed by atoms with E-state index < -0.39 is 27.9 Å². The maximum absolute atomic E-state index is 13.9. The Balaban J connectivity index is 1.36. The van der Waals surface area contributed by atoms with Crippen molar-refractivity contribution < 1.29 is 36.6 Å². The topological polar surface area (TPSA) is 128 Å². The Bertz CT molecular complexity index is 1640. The van der Waals surface area contributed by atoms with Gasteiger partial charge in [-0.3, -0.25) is 9.59 Å². The molecule has 5 rings (SSSR count). The van der Waals surface area contributed by atoms with Crippen molar-refractivity contribution in [3.63, 3.8) is 0 Å². The Morgan fingerprint density at radius 1 is 0.911 bits per heavy atom. The van der Waals surface area contributed by atoms with Crippen molar-refractivity contribution in [3.8, 4) is 11.5 Å². The van der Waals surface area contributed by atoms with E-state index in [0.29, 0.717) is 36.0 Å². The van der Waals surface area contributed by atoms with Gasteiger partial charge in [-0.15, -0.1) is 0 Å². The van der Waals surface area contributed by atoms with Crippen LogP contribution in [0.1, 0.15) is 22.9 Å². The van der Waals surface area contributed by atoms with E-state index in [1.807, 2.05) is 18.2 Å². The summed E-state index contributed by atoms with van der Waals surface area (Å²) in [5.41, 5.74) is 1.40. The van der Waals surface area contributed by atoms with E-state index in [-0.39, 0.29) is 37.7 Å². The molecule has 0 aliphatic carbocycles. The fourth-order valence-electron chi connectivity index (χ4n) is 4.92. The van der Waals surface area contributed by atoms with Gasteiger partial charge in [-0.2, -0.15) is 4.31 Å². The first-order valence-electron chi connectivity index (χ1n) is 14.4. The van der Waals surface area contributed by atoms with E-state index in [1.165, 1.54) is 39.7 Å². The lowest BCUT2D eigenvalue weighted by molar-refractivity contribution is -0.143. The van der Waals surface area contributed by atoms with Crippen LogP contribution in [0.3, 0.4) is 0 Å². The molecule has 3 aromatic carbocycles. The molecule has 11 nitrogen and oxygen atoms in total. The van der Waals surface area contributed by atoms with Gasteiger partial charge in [-0.05, 0) is 59.7 Å². The largest absolute Gasteiger partial charge is 0.497 e. The van der Waals surface area contributed by atoms with Gasteiger partial charge in [0, 0.05) is 19.6 Å². The Labute approximate surface area is 262 Å². The first-order valence-corrected chi connectivity index (χ1v) is 15.9. The molecule has 0 radical (unpaired) electrons. The number of sulfonamides is 1. The summed E-state index contributed by atoms with van der Waals surface area (Å²) in [6.07, 6.45) is 1.53. The number of hydrogen-bond acceptors (Lipinski definition) is 8. The first kappa shape index (κ1) is 31.8. The Morgan fingerprint density at radius 3 is 2.24 bits per heavy atom. The van der Waals surface area contributed by atoms with Crippen LogP contribution in [0, 0.1) is 0 Å². The fraction of sp³-hybridized carbons (Fsp3) is 0.273. The number of nitrogens with one attached hydrogen (secondary N) is 1. The molecule has 1 atom stereocenters. The molecule has 1 saturated heterocycles. The molecule has 2 heterocycles. The molecule has 45 heavy (non-hydrogen) atoms. The minimum absolute atomic E-state index is 0.108.